The molecule has 0 amide bonds. The van der Waals surface area contributed by atoms with Gasteiger partial charge in [0.2, 0.25) is 0 Å². The van der Waals surface area contributed by atoms with Crippen LogP contribution in [0, 0.1) is 17.2 Å². The summed E-state index contributed by atoms with van der Waals surface area (Å²) in [5, 5.41) is 8.19. The van der Waals surface area contributed by atoms with Crippen LogP contribution in [0.2, 0.25) is 0 Å². The van der Waals surface area contributed by atoms with Crippen molar-refractivity contribution in [2.75, 3.05) is 13.1 Å². The van der Waals surface area contributed by atoms with Crippen molar-refractivity contribution in [1.29, 1.82) is 5.26 Å². The predicted octanol–water partition coefficient (Wildman–Crippen LogP) is 0.287. The summed E-state index contributed by atoms with van der Waals surface area (Å²) in [5.74, 6) is 0.248. The van der Waals surface area contributed by atoms with E-state index >= 15 is 0 Å². The summed E-state index contributed by atoms with van der Waals surface area (Å²) >= 11 is 3.98. The van der Waals surface area contributed by atoms with Crippen LogP contribution in [0.15, 0.2) is 0 Å². The van der Waals surface area contributed by atoms with Gasteiger partial charge in [-0.3, -0.25) is 4.31 Å². The number of rotatable bonds is 0. The van der Waals surface area contributed by atoms with Crippen molar-refractivity contribution in [3.63, 3.8) is 0 Å². The average Bonchev–Trinajstić information content (AvgIpc) is 1.58. The molecule has 0 aromatic rings. The first-order valence-corrected chi connectivity index (χ1v) is 2.56. The molecule has 0 saturated carbocycles. The Morgan fingerprint density at radius 3 is 2.43 bits per heavy atom. The fourth-order valence-corrected chi connectivity index (χ4v) is 0.931. The first kappa shape index (κ1) is 4.95. The Morgan fingerprint density at radius 1 is 1.71 bits per heavy atom. The van der Waals surface area contributed by atoms with Crippen molar-refractivity contribution < 1.29 is 0 Å². The summed E-state index contributed by atoms with van der Waals surface area (Å²) in [6.07, 6.45) is 0. The second-order valence-corrected chi connectivity index (χ2v) is 2.26. The Labute approximate surface area is 48.3 Å². The lowest BCUT2D eigenvalue weighted by Crippen LogP contribution is -2.38. The molecule has 0 aromatic heterocycles. The minimum Gasteiger partial charge on any atom is -0.251 e. The molecular formula is C4H6N2S. The summed E-state index contributed by atoms with van der Waals surface area (Å²) in [4.78, 5) is 0. The van der Waals surface area contributed by atoms with Crippen molar-refractivity contribution >= 4 is 12.8 Å². The fourth-order valence-electron chi connectivity index (χ4n) is 0.537. The van der Waals surface area contributed by atoms with Gasteiger partial charge in [0.1, 0.15) is 0 Å². The molecule has 0 atom stereocenters. The summed E-state index contributed by atoms with van der Waals surface area (Å²) in [7, 11) is 0. The molecule has 1 fully saturated rings. The molecule has 1 aliphatic rings. The van der Waals surface area contributed by atoms with Crippen molar-refractivity contribution in [3.05, 3.63) is 0 Å². The van der Waals surface area contributed by atoms with Gasteiger partial charge in [-0.25, -0.2) is 0 Å². The monoisotopic (exact) mass is 114 g/mol. The Kier molecular flexibility index (Phi) is 1.22. The van der Waals surface area contributed by atoms with E-state index in [0.717, 1.165) is 13.1 Å². The van der Waals surface area contributed by atoms with E-state index in [4.69, 9.17) is 5.26 Å². The molecule has 1 rings (SSSR count). The van der Waals surface area contributed by atoms with Crippen LogP contribution in [0.5, 0.6) is 0 Å². The molecule has 1 heterocycles. The van der Waals surface area contributed by atoms with Crippen LogP contribution < -0.4 is 0 Å². The highest BCUT2D eigenvalue weighted by molar-refractivity contribution is 7.77. The highest BCUT2D eigenvalue weighted by atomic mass is 32.1. The minimum atomic E-state index is 0.248. The number of nitriles is 1. The van der Waals surface area contributed by atoms with Gasteiger partial charge in [-0.15, -0.1) is 0 Å². The molecule has 0 radical (unpaired) electrons. The zero-order valence-electron chi connectivity index (χ0n) is 3.83. The molecule has 0 N–H and O–H groups in total. The maximum Gasteiger partial charge on any atom is 0.0735 e. The summed E-state index contributed by atoms with van der Waals surface area (Å²) < 4.78 is 1.83. The first-order valence-electron chi connectivity index (χ1n) is 2.16. The zero-order chi connectivity index (χ0) is 5.28. The van der Waals surface area contributed by atoms with E-state index in [0.29, 0.717) is 0 Å². The standard InChI is InChI=1S/C4H6N2S/c5-1-4-2-6(7)3-4/h4,7H,2-3H2. The lowest BCUT2D eigenvalue weighted by Gasteiger charge is -2.29. The molecule has 2 nitrogen and oxygen atoms in total. The Bertz CT molecular complexity index is 101. The molecule has 0 spiro atoms. The van der Waals surface area contributed by atoms with Gasteiger partial charge in [0.25, 0.3) is 0 Å². The van der Waals surface area contributed by atoms with Gasteiger partial charge < -0.3 is 0 Å². The molecule has 7 heavy (non-hydrogen) atoms. The number of hydrogen-bond donors (Lipinski definition) is 1. The van der Waals surface area contributed by atoms with E-state index in [9.17, 15) is 0 Å². The van der Waals surface area contributed by atoms with Crippen LogP contribution >= 0.6 is 12.8 Å². The van der Waals surface area contributed by atoms with Crippen LogP contribution in [0.3, 0.4) is 0 Å². The van der Waals surface area contributed by atoms with Gasteiger partial charge in [-0.2, -0.15) is 5.26 Å². The molecular weight excluding hydrogens is 108 g/mol. The van der Waals surface area contributed by atoms with E-state index in [1.807, 2.05) is 4.31 Å². The second-order valence-electron chi connectivity index (χ2n) is 1.70. The lowest BCUT2D eigenvalue weighted by molar-refractivity contribution is 0.277. The number of nitrogens with zero attached hydrogens (tertiary/aromatic N) is 2. The van der Waals surface area contributed by atoms with Crippen molar-refractivity contribution in [1.82, 2.24) is 4.31 Å². The van der Waals surface area contributed by atoms with E-state index in [-0.39, 0.29) is 5.92 Å². The first-order chi connectivity index (χ1) is 3.33. The maximum absolute atomic E-state index is 8.19. The summed E-state index contributed by atoms with van der Waals surface area (Å²) in [6, 6.07) is 2.14. The molecule has 0 bridgehead atoms. The third kappa shape index (κ3) is 0.872. The molecule has 3 heteroatoms. The molecule has 1 saturated heterocycles. The highest BCUT2D eigenvalue weighted by Gasteiger charge is 2.22. The van der Waals surface area contributed by atoms with Crippen LogP contribution in [-0.2, 0) is 0 Å². The Balaban J connectivity index is 2.21. The molecule has 0 aliphatic carbocycles. The van der Waals surface area contributed by atoms with Crippen molar-refractivity contribution in [2.24, 2.45) is 5.92 Å². The number of thiol groups is 1. The van der Waals surface area contributed by atoms with Gasteiger partial charge in [0.15, 0.2) is 0 Å². The van der Waals surface area contributed by atoms with Gasteiger partial charge in [0.05, 0.1) is 12.0 Å². The van der Waals surface area contributed by atoms with Crippen LogP contribution in [0.4, 0.5) is 0 Å². The summed E-state index contributed by atoms with van der Waals surface area (Å²) in [5.41, 5.74) is 0. The normalized spacial score (nSPS) is 23.4. The SMILES string of the molecule is N#CC1CN(S)C1. The van der Waals surface area contributed by atoms with Crippen molar-refractivity contribution in [3.8, 4) is 6.07 Å². The van der Waals surface area contributed by atoms with E-state index in [1.165, 1.54) is 0 Å². The van der Waals surface area contributed by atoms with Gasteiger partial charge in [0, 0.05) is 13.1 Å². The zero-order valence-corrected chi connectivity index (χ0v) is 4.73. The quantitative estimate of drug-likeness (QED) is 0.458. The molecule has 0 aromatic carbocycles. The van der Waals surface area contributed by atoms with E-state index < -0.39 is 0 Å². The molecule has 1 aliphatic heterocycles. The summed E-state index contributed by atoms with van der Waals surface area (Å²) in [6.45, 7) is 1.67. The van der Waals surface area contributed by atoms with Crippen LogP contribution in [0.1, 0.15) is 0 Å². The van der Waals surface area contributed by atoms with E-state index in [2.05, 4.69) is 18.9 Å². The second kappa shape index (κ2) is 1.73. The number of hydrogen-bond acceptors (Lipinski definition) is 3. The van der Waals surface area contributed by atoms with Gasteiger partial charge in [-0.1, -0.05) is 12.8 Å². The third-order valence-corrected chi connectivity index (χ3v) is 1.37. The van der Waals surface area contributed by atoms with Crippen LogP contribution in [0.25, 0.3) is 0 Å². The third-order valence-electron chi connectivity index (χ3n) is 1.04. The largest absolute Gasteiger partial charge is 0.251 e. The minimum absolute atomic E-state index is 0.248. The van der Waals surface area contributed by atoms with Crippen molar-refractivity contribution in [2.45, 2.75) is 0 Å². The van der Waals surface area contributed by atoms with E-state index in [1.54, 1.807) is 0 Å². The topological polar surface area (TPSA) is 27.0 Å². The smallest absolute Gasteiger partial charge is 0.0735 e. The maximum atomic E-state index is 8.19. The Morgan fingerprint density at radius 2 is 2.29 bits per heavy atom. The van der Waals surface area contributed by atoms with Crippen LogP contribution in [-0.4, -0.2) is 17.4 Å². The lowest BCUT2D eigenvalue weighted by atomic mass is 10.1. The Hall–Kier alpha value is -0.200. The van der Waals surface area contributed by atoms with Gasteiger partial charge in [-0.05, 0) is 0 Å². The average molecular weight is 114 g/mol. The fraction of sp³-hybridized carbons (Fsp3) is 0.750. The molecule has 0 unspecified atom stereocenters. The predicted molar refractivity (Wildman–Crippen MR) is 29.7 cm³/mol. The molecule has 38 valence electrons. The highest BCUT2D eigenvalue weighted by Crippen LogP contribution is 2.14. The van der Waals surface area contributed by atoms with Gasteiger partial charge >= 0.3 is 0 Å².